The summed E-state index contributed by atoms with van der Waals surface area (Å²) in [4.78, 5) is 3.17. The number of aromatic nitrogens is 1. The van der Waals surface area contributed by atoms with Gasteiger partial charge in [-0.15, -0.1) is 11.3 Å². The smallest absolute Gasteiger partial charge is 0.266 e. The molecule has 148 valence electrons. The molecule has 3 aromatic rings. The van der Waals surface area contributed by atoms with Crippen molar-refractivity contribution in [3.8, 4) is 0 Å². The molecule has 0 bridgehead atoms. The third-order valence-electron chi connectivity index (χ3n) is 3.81. The number of sulfonamides is 1. The minimum Gasteiger partial charge on any atom is -0.377 e. The van der Waals surface area contributed by atoms with Gasteiger partial charge in [-0.2, -0.15) is 0 Å². The van der Waals surface area contributed by atoms with Crippen molar-refractivity contribution in [2.45, 2.75) is 17.9 Å². The summed E-state index contributed by atoms with van der Waals surface area (Å²) in [5, 5.41) is 4.07. The zero-order valence-corrected chi connectivity index (χ0v) is 17.4. The van der Waals surface area contributed by atoms with E-state index in [1.54, 1.807) is 6.92 Å². The highest BCUT2D eigenvalue weighted by molar-refractivity contribution is 7.92. The number of hydrogen-bond acceptors (Lipinski definition) is 5. The molecule has 5 nitrogen and oxygen atoms in total. The molecular formula is C17H13Cl2F2N3O2S2. The maximum atomic E-state index is 14.7. The Morgan fingerprint density at radius 3 is 2.57 bits per heavy atom. The summed E-state index contributed by atoms with van der Waals surface area (Å²) in [6.07, 6.45) is 0. The lowest BCUT2D eigenvalue weighted by atomic mass is 10.1. The van der Waals surface area contributed by atoms with E-state index in [0.717, 1.165) is 6.07 Å². The fraction of sp³-hybridized carbons (Fsp3) is 0.118. The highest BCUT2D eigenvalue weighted by atomic mass is 35.5. The maximum Gasteiger partial charge on any atom is 0.266 e. The van der Waals surface area contributed by atoms with Crippen molar-refractivity contribution in [1.82, 2.24) is 4.98 Å². The molecule has 28 heavy (non-hydrogen) atoms. The summed E-state index contributed by atoms with van der Waals surface area (Å²) in [6, 6.07) is 5.96. The summed E-state index contributed by atoms with van der Waals surface area (Å²) in [6.45, 7) is 1.62. The third kappa shape index (κ3) is 4.22. The van der Waals surface area contributed by atoms with E-state index in [0.29, 0.717) is 0 Å². The van der Waals surface area contributed by atoms with E-state index in [2.05, 4.69) is 15.0 Å². The van der Waals surface area contributed by atoms with Crippen LogP contribution in [0.4, 0.5) is 20.3 Å². The lowest BCUT2D eigenvalue weighted by Crippen LogP contribution is -2.16. The average Bonchev–Trinajstić information content (AvgIpc) is 3.11. The van der Waals surface area contributed by atoms with Gasteiger partial charge >= 0.3 is 0 Å². The van der Waals surface area contributed by atoms with Gasteiger partial charge in [-0.3, -0.25) is 4.72 Å². The average molecular weight is 464 g/mol. The first-order chi connectivity index (χ1) is 13.2. The van der Waals surface area contributed by atoms with Crippen molar-refractivity contribution in [3.63, 3.8) is 0 Å². The fourth-order valence-corrected chi connectivity index (χ4v) is 4.78. The van der Waals surface area contributed by atoms with Crippen LogP contribution in [0, 0.1) is 11.6 Å². The number of hydrogen-bond donors (Lipinski definition) is 2. The number of rotatable bonds is 6. The third-order valence-corrected chi connectivity index (χ3v) is 6.47. The van der Waals surface area contributed by atoms with Crippen LogP contribution in [-0.4, -0.2) is 13.4 Å². The molecule has 0 fully saturated rings. The van der Waals surface area contributed by atoms with Gasteiger partial charge in [0.25, 0.3) is 10.0 Å². The van der Waals surface area contributed by atoms with Gasteiger partial charge in [0.1, 0.15) is 15.7 Å². The SMILES string of the molecule is C[C@H](Nc1ccc(S(=O)(=O)Nc2cscn2)c(F)c1Cl)c1c(F)cccc1Cl. The van der Waals surface area contributed by atoms with Crippen molar-refractivity contribution in [2.75, 3.05) is 10.0 Å². The molecule has 0 amide bonds. The molecule has 11 heteroatoms. The van der Waals surface area contributed by atoms with Crippen LogP contribution >= 0.6 is 34.5 Å². The van der Waals surface area contributed by atoms with Crippen LogP contribution in [0.3, 0.4) is 0 Å². The Morgan fingerprint density at radius 2 is 1.93 bits per heavy atom. The standard InChI is InChI=1S/C17H13Cl2F2N3O2S2/c1-9(15-10(18)3-2-4-11(15)20)23-12-5-6-13(17(21)16(12)19)28(25,26)24-14-7-27-8-22-14/h2-9,23-24H,1H3/t9-/m0/s1. The van der Waals surface area contributed by atoms with Gasteiger partial charge in [-0.1, -0.05) is 29.3 Å². The molecule has 0 aliphatic carbocycles. The number of nitrogens with zero attached hydrogens (tertiary/aromatic N) is 1. The van der Waals surface area contributed by atoms with E-state index >= 15 is 0 Å². The van der Waals surface area contributed by atoms with Crippen molar-refractivity contribution in [2.24, 2.45) is 0 Å². The van der Waals surface area contributed by atoms with E-state index in [-0.39, 0.29) is 22.1 Å². The highest BCUT2D eigenvalue weighted by Gasteiger charge is 2.24. The lowest BCUT2D eigenvalue weighted by molar-refractivity contribution is 0.570. The molecule has 1 atom stereocenters. The second-order valence-electron chi connectivity index (χ2n) is 5.72. The first kappa shape index (κ1) is 20.8. The molecule has 0 saturated carbocycles. The predicted octanol–water partition coefficient (Wildman–Crippen LogP) is 5.70. The lowest BCUT2D eigenvalue weighted by Gasteiger charge is -2.19. The van der Waals surface area contributed by atoms with Crippen LogP contribution in [0.25, 0.3) is 0 Å². The van der Waals surface area contributed by atoms with Gasteiger partial charge in [0, 0.05) is 16.0 Å². The first-order valence-corrected chi connectivity index (χ1v) is 11.0. The molecular weight excluding hydrogens is 451 g/mol. The highest BCUT2D eigenvalue weighted by Crippen LogP contribution is 2.34. The zero-order valence-electron chi connectivity index (χ0n) is 14.2. The van der Waals surface area contributed by atoms with E-state index in [4.69, 9.17) is 23.2 Å². The van der Waals surface area contributed by atoms with Crippen LogP contribution in [0.1, 0.15) is 18.5 Å². The number of nitrogens with one attached hydrogen (secondary N) is 2. The molecule has 1 aromatic heterocycles. The normalized spacial score (nSPS) is 12.6. The molecule has 0 spiro atoms. The minimum atomic E-state index is -4.22. The second kappa shape index (κ2) is 8.20. The first-order valence-electron chi connectivity index (χ1n) is 7.80. The van der Waals surface area contributed by atoms with Crippen molar-refractivity contribution >= 4 is 56.1 Å². The minimum absolute atomic E-state index is 0.0746. The Morgan fingerprint density at radius 1 is 1.18 bits per heavy atom. The summed E-state index contributed by atoms with van der Waals surface area (Å²) in [5.41, 5.74) is 1.71. The molecule has 3 rings (SSSR count). The number of benzene rings is 2. The summed E-state index contributed by atoms with van der Waals surface area (Å²) < 4.78 is 55.7. The van der Waals surface area contributed by atoms with Gasteiger partial charge in [0.2, 0.25) is 0 Å². The van der Waals surface area contributed by atoms with Crippen molar-refractivity contribution < 1.29 is 17.2 Å². The molecule has 0 saturated heterocycles. The molecule has 2 N–H and O–H groups in total. The Labute approximate surface area is 174 Å². The second-order valence-corrected chi connectivity index (χ2v) is 8.87. The Hall–Kier alpha value is -1.94. The van der Waals surface area contributed by atoms with Crippen LogP contribution < -0.4 is 10.0 Å². The van der Waals surface area contributed by atoms with E-state index in [9.17, 15) is 17.2 Å². The van der Waals surface area contributed by atoms with Gasteiger partial charge in [-0.25, -0.2) is 22.2 Å². The monoisotopic (exact) mass is 463 g/mol. The largest absolute Gasteiger partial charge is 0.377 e. The molecule has 0 aliphatic heterocycles. The summed E-state index contributed by atoms with van der Waals surface area (Å²) >= 11 is 13.2. The Balaban J connectivity index is 1.90. The molecule has 1 heterocycles. The number of anilines is 2. The Bertz CT molecular complexity index is 1090. The zero-order chi connectivity index (χ0) is 20.5. The maximum absolute atomic E-state index is 14.7. The van der Waals surface area contributed by atoms with E-state index in [1.807, 2.05) is 0 Å². The van der Waals surface area contributed by atoms with Crippen LogP contribution in [-0.2, 0) is 10.0 Å². The van der Waals surface area contributed by atoms with Gasteiger partial charge in [0.15, 0.2) is 11.6 Å². The van der Waals surface area contributed by atoms with Crippen LogP contribution in [0.15, 0.2) is 46.1 Å². The predicted molar refractivity (Wildman–Crippen MR) is 108 cm³/mol. The molecule has 0 aliphatic rings. The summed E-state index contributed by atoms with van der Waals surface area (Å²) in [7, 11) is -4.22. The van der Waals surface area contributed by atoms with Crippen LogP contribution in [0.2, 0.25) is 10.0 Å². The van der Waals surface area contributed by atoms with Gasteiger partial charge in [0.05, 0.1) is 17.2 Å². The topological polar surface area (TPSA) is 71.1 Å². The molecule has 2 aromatic carbocycles. The van der Waals surface area contributed by atoms with E-state index in [1.165, 1.54) is 46.5 Å². The van der Waals surface area contributed by atoms with Gasteiger partial charge in [-0.05, 0) is 31.2 Å². The quantitative estimate of drug-likeness (QED) is 0.491. The van der Waals surface area contributed by atoms with Gasteiger partial charge < -0.3 is 5.32 Å². The van der Waals surface area contributed by atoms with E-state index < -0.39 is 37.6 Å². The van der Waals surface area contributed by atoms with Crippen molar-refractivity contribution in [1.29, 1.82) is 0 Å². The summed E-state index contributed by atoms with van der Waals surface area (Å²) in [5.74, 6) is -1.59. The number of thiazole rings is 1. The van der Waals surface area contributed by atoms with Crippen molar-refractivity contribution in [3.05, 3.63) is 68.5 Å². The molecule has 0 unspecified atom stereocenters. The molecule has 0 radical (unpaired) electrons. The fourth-order valence-electron chi connectivity index (χ4n) is 2.54. The van der Waals surface area contributed by atoms with Crippen LogP contribution in [0.5, 0.6) is 0 Å². The Kier molecular flexibility index (Phi) is 6.09. The number of halogens is 4.